The highest BCUT2D eigenvalue weighted by Gasteiger charge is 2.15. The molecule has 1 aromatic rings. The Morgan fingerprint density at radius 1 is 1.39 bits per heavy atom. The first-order chi connectivity index (χ1) is 8.72. The van der Waals surface area contributed by atoms with Gasteiger partial charge in [0.15, 0.2) is 11.5 Å². The first-order valence-corrected chi connectivity index (χ1v) is 6.19. The van der Waals surface area contributed by atoms with Crippen molar-refractivity contribution in [1.82, 2.24) is 10.2 Å². The molecule has 2 N–H and O–H groups in total. The molecule has 0 spiro atoms. The zero-order valence-electron chi connectivity index (χ0n) is 10.6. The largest absolute Gasteiger partial charge is 0.505 e. The lowest BCUT2D eigenvalue weighted by Crippen LogP contribution is -2.44. The number of ether oxygens (including phenoxy) is 1. The Morgan fingerprint density at radius 2 is 2.11 bits per heavy atom. The minimum Gasteiger partial charge on any atom is -0.505 e. The highest BCUT2D eigenvalue weighted by molar-refractivity contribution is 5.41. The van der Waals surface area contributed by atoms with Crippen molar-refractivity contribution in [1.29, 1.82) is 0 Å². The van der Waals surface area contributed by atoms with Crippen LogP contribution in [0.4, 0.5) is 4.39 Å². The van der Waals surface area contributed by atoms with Crippen molar-refractivity contribution in [3.05, 3.63) is 23.5 Å². The second-order valence-corrected chi connectivity index (χ2v) is 4.43. The Hall–Kier alpha value is -1.33. The maximum absolute atomic E-state index is 13.6. The summed E-state index contributed by atoms with van der Waals surface area (Å²) in [6.45, 7) is 4.81. The van der Waals surface area contributed by atoms with Crippen LogP contribution < -0.4 is 10.1 Å². The molecule has 4 nitrogen and oxygen atoms in total. The number of hydrogen-bond donors (Lipinski definition) is 2. The summed E-state index contributed by atoms with van der Waals surface area (Å²) in [5.41, 5.74) is 0.631. The van der Waals surface area contributed by atoms with Gasteiger partial charge in [-0.1, -0.05) is 6.07 Å². The lowest BCUT2D eigenvalue weighted by molar-refractivity contribution is 0.243. The van der Waals surface area contributed by atoms with Gasteiger partial charge >= 0.3 is 0 Å². The molecule has 1 aliphatic heterocycles. The van der Waals surface area contributed by atoms with Gasteiger partial charge in [0.1, 0.15) is 0 Å². The van der Waals surface area contributed by atoms with E-state index >= 15 is 0 Å². The summed E-state index contributed by atoms with van der Waals surface area (Å²) in [5.74, 6) is -0.877. The van der Waals surface area contributed by atoms with Crippen LogP contribution in [0.15, 0.2) is 12.1 Å². The third-order valence-electron chi connectivity index (χ3n) is 3.29. The van der Waals surface area contributed by atoms with E-state index in [-0.39, 0.29) is 11.5 Å². The summed E-state index contributed by atoms with van der Waals surface area (Å²) >= 11 is 0. The van der Waals surface area contributed by atoms with Crippen molar-refractivity contribution in [2.45, 2.75) is 6.42 Å². The number of benzene rings is 1. The van der Waals surface area contributed by atoms with E-state index in [2.05, 4.69) is 10.2 Å². The van der Waals surface area contributed by atoms with Gasteiger partial charge in [-0.15, -0.1) is 0 Å². The monoisotopic (exact) mass is 254 g/mol. The highest BCUT2D eigenvalue weighted by atomic mass is 19.1. The van der Waals surface area contributed by atoms with E-state index in [1.54, 1.807) is 12.1 Å². The molecule has 5 heteroatoms. The molecule has 0 aliphatic carbocycles. The normalized spacial score (nSPS) is 16.8. The highest BCUT2D eigenvalue weighted by Crippen LogP contribution is 2.29. The average Bonchev–Trinajstić information content (AvgIpc) is 2.42. The Kier molecular flexibility index (Phi) is 4.38. The summed E-state index contributed by atoms with van der Waals surface area (Å²) in [6.07, 6.45) is 0.646. The van der Waals surface area contributed by atoms with Crippen molar-refractivity contribution in [3.8, 4) is 11.5 Å². The fraction of sp³-hybridized carbons (Fsp3) is 0.538. The molecule has 100 valence electrons. The third-order valence-corrected chi connectivity index (χ3v) is 3.29. The molecule has 1 heterocycles. The van der Waals surface area contributed by atoms with Crippen LogP contribution in [0.2, 0.25) is 0 Å². The zero-order chi connectivity index (χ0) is 13.0. The lowest BCUT2D eigenvalue weighted by Gasteiger charge is -2.27. The number of rotatable bonds is 4. The van der Waals surface area contributed by atoms with Gasteiger partial charge in [0.2, 0.25) is 5.82 Å². The van der Waals surface area contributed by atoms with Crippen LogP contribution in [0.25, 0.3) is 0 Å². The summed E-state index contributed by atoms with van der Waals surface area (Å²) < 4.78 is 18.5. The number of nitrogens with one attached hydrogen (secondary N) is 1. The SMILES string of the molecule is COc1ccc(CCN2CCNCC2)c(O)c1F. The van der Waals surface area contributed by atoms with Crippen LogP contribution in [0.3, 0.4) is 0 Å². The zero-order valence-corrected chi connectivity index (χ0v) is 10.6. The second kappa shape index (κ2) is 6.02. The van der Waals surface area contributed by atoms with Gasteiger partial charge in [0.05, 0.1) is 7.11 Å². The van der Waals surface area contributed by atoms with Crippen LogP contribution >= 0.6 is 0 Å². The van der Waals surface area contributed by atoms with E-state index in [4.69, 9.17) is 4.74 Å². The number of nitrogens with zero attached hydrogens (tertiary/aromatic N) is 1. The number of methoxy groups -OCH3 is 1. The number of piperazine rings is 1. The van der Waals surface area contributed by atoms with Crippen LogP contribution in [-0.2, 0) is 6.42 Å². The Balaban J connectivity index is 1.98. The molecule has 18 heavy (non-hydrogen) atoms. The average molecular weight is 254 g/mol. The summed E-state index contributed by atoms with van der Waals surface area (Å²) in [6, 6.07) is 3.28. The predicted octanol–water partition coefficient (Wildman–Crippen LogP) is 0.988. The van der Waals surface area contributed by atoms with Crippen molar-refractivity contribution < 1.29 is 14.2 Å². The molecule has 1 fully saturated rings. The summed E-state index contributed by atoms with van der Waals surface area (Å²) in [7, 11) is 1.39. The first kappa shape index (κ1) is 13.1. The molecule has 1 saturated heterocycles. The molecule has 0 aromatic heterocycles. The minimum absolute atomic E-state index is 0.0819. The minimum atomic E-state index is -0.671. The van der Waals surface area contributed by atoms with E-state index in [0.717, 1.165) is 32.7 Å². The van der Waals surface area contributed by atoms with E-state index in [1.165, 1.54) is 7.11 Å². The number of hydrogen-bond acceptors (Lipinski definition) is 4. The van der Waals surface area contributed by atoms with Crippen LogP contribution in [0.1, 0.15) is 5.56 Å². The van der Waals surface area contributed by atoms with Gasteiger partial charge in [-0.05, 0) is 18.1 Å². The molecule has 0 radical (unpaired) electrons. The smallest absolute Gasteiger partial charge is 0.206 e. The molecule has 0 amide bonds. The molecule has 1 aromatic carbocycles. The quantitative estimate of drug-likeness (QED) is 0.841. The molecule has 0 atom stereocenters. The summed E-state index contributed by atoms with van der Waals surface area (Å²) in [4.78, 5) is 2.30. The van der Waals surface area contributed by atoms with Gasteiger partial charge in [-0.2, -0.15) is 4.39 Å². The van der Waals surface area contributed by atoms with E-state index < -0.39 is 5.82 Å². The number of halogens is 1. The predicted molar refractivity (Wildman–Crippen MR) is 67.6 cm³/mol. The van der Waals surface area contributed by atoms with Gasteiger partial charge in [-0.25, -0.2) is 0 Å². The van der Waals surface area contributed by atoms with Gasteiger partial charge < -0.3 is 20.1 Å². The fourth-order valence-corrected chi connectivity index (χ4v) is 2.16. The maximum atomic E-state index is 13.6. The third kappa shape index (κ3) is 2.91. The number of phenols is 1. The molecule has 0 saturated carbocycles. The topological polar surface area (TPSA) is 44.7 Å². The van der Waals surface area contributed by atoms with Crippen molar-refractivity contribution in [3.63, 3.8) is 0 Å². The number of aromatic hydroxyl groups is 1. The van der Waals surface area contributed by atoms with Crippen LogP contribution in [-0.4, -0.2) is 49.8 Å². The van der Waals surface area contributed by atoms with E-state index in [0.29, 0.717) is 12.0 Å². The Labute approximate surface area is 106 Å². The number of phenolic OH excluding ortho intramolecular Hbond substituents is 1. The summed E-state index contributed by atoms with van der Waals surface area (Å²) in [5, 5.41) is 13.0. The molecule has 0 unspecified atom stereocenters. The molecule has 1 aliphatic rings. The van der Waals surface area contributed by atoms with Gasteiger partial charge in [0.25, 0.3) is 0 Å². The van der Waals surface area contributed by atoms with E-state index in [1.807, 2.05) is 0 Å². The lowest BCUT2D eigenvalue weighted by atomic mass is 10.1. The second-order valence-electron chi connectivity index (χ2n) is 4.43. The van der Waals surface area contributed by atoms with Gasteiger partial charge in [0, 0.05) is 32.7 Å². The van der Waals surface area contributed by atoms with Crippen molar-refractivity contribution >= 4 is 0 Å². The molecule has 2 rings (SSSR count). The fourth-order valence-electron chi connectivity index (χ4n) is 2.16. The first-order valence-electron chi connectivity index (χ1n) is 6.19. The van der Waals surface area contributed by atoms with Crippen molar-refractivity contribution in [2.24, 2.45) is 0 Å². The molecular formula is C13H19FN2O2. The molecular weight excluding hydrogens is 235 g/mol. The van der Waals surface area contributed by atoms with Crippen molar-refractivity contribution in [2.75, 3.05) is 39.8 Å². The standard InChI is InChI=1S/C13H19FN2O2/c1-18-11-3-2-10(13(17)12(11)14)4-7-16-8-5-15-6-9-16/h2-3,15,17H,4-9H2,1H3. The Bertz CT molecular complexity index is 406. The molecule has 0 bridgehead atoms. The van der Waals surface area contributed by atoms with E-state index in [9.17, 15) is 9.50 Å². The maximum Gasteiger partial charge on any atom is 0.206 e. The Morgan fingerprint density at radius 3 is 2.78 bits per heavy atom. The van der Waals surface area contributed by atoms with Crippen LogP contribution in [0, 0.1) is 5.82 Å². The van der Waals surface area contributed by atoms with Gasteiger partial charge in [-0.3, -0.25) is 0 Å². The van der Waals surface area contributed by atoms with Crippen LogP contribution in [0.5, 0.6) is 11.5 Å².